The highest BCUT2D eigenvalue weighted by atomic mass is 35.5. The molecule has 0 aliphatic carbocycles. The molecular formula is C9H15ClN2O4. The van der Waals surface area contributed by atoms with E-state index in [1.54, 1.807) is 0 Å². The van der Waals surface area contributed by atoms with Crippen molar-refractivity contribution in [3.63, 3.8) is 0 Å². The molecule has 1 heterocycles. The first kappa shape index (κ1) is 14.9. The Balaban J connectivity index is 0.00000225. The number of carbonyl (C=O) groups is 3. The number of hydrogen-bond donors (Lipinski definition) is 0. The van der Waals surface area contributed by atoms with Crippen molar-refractivity contribution >= 4 is 17.8 Å². The summed E-state index contributed by atoms with van der Waals surface area (Å²) in [6, 6.07) is 0. The summed E-state index contributed by atoms with van der Waals surface area (Å²) in [6.45, 7) is 0.108. The summed E-state index contributed by atoms with van der Waals surface area (Å²) in [5, 5.41) is 0.567. The van der Waals surface area contributed by atoms with Crippen LogP contribution in [0.1, 0.15) is 12.8 Å². The number of rotatable bonds is 3. The van der Waals surface area contributed by atoms with Crippen molar-refractivity contribution < 1.29 is 36.1 Å². The largest absolute Gasteiger partial charge is 1.00 e. The maximum atomic E-state index is 11.3. The average Bonchev–Trinajstić information content (AvgIpc) is 2.32. The number of quaternary nitrogens is 1. The molecule has 16 heavy (non-hydrogen) atoms. The zero-order valence-corrected chi connectivity index (χ0v) is 10.3. The first-order chi connectivity index (χ1) is 6.79. The Morgan fingerprint density at radius 3 is 2.06 bits per heavy atom. The zero-order valence-electron chi connectivity index (χ0n) is 9.53. The van der Waals surface area contributed by atoms with E-state index in [1.165, 1.54) is 0 Å². The number of likely N-dealkylation sites (N-methyl/N-ethyl adjacent to an activating group) is 1. The van der Waals surface area contributed by atoms with Gasteiger partial charge in [-0.25, -0.2) is 4.79 Å². The number of hydrogen-bond acceptors (Lipinski definition) is 4. The summed E-state index contributed by atoms with van der Waals surface area (Å²) in [5.41, 5.74) is 0. The van der Waals surface area contributed by atoms with Crippen LogP contribution >= 0.6 is 0 Å². The number of carbonyl (C=O) groups excluding carboxylic acids is 3. The van der Waals surface area contributed by atoms with E-state index in [0.717, 1.165) is 0 Å². The van der Waals surface area contributed by atoms with Gasteiger partial charge in [-0.1, -0.05) is 0 Å². The van der Waals surface area contributed by atoms with Crippen LogP contribution in [0.15, 0.2) is 0 Å². The maximum Gasteiger partial charge on any atom is 0.387 e. The molecule has 1 fully saturated rings. The summed E-state index contributed by atoms with van der Waals surface area (Å²) >= 11 is 0. The lowest BCUT2D eigenvalue weighted by atomic mass is 10.4. The average molecular weight is 251 g/mol. The van der Waals surface area contributed by atoms with Gasteiger partial charge in [0.25, 0.3) is 11.8 Å². The highest BCUT2D eigenvalue weighted by Gasteiger charge is 2.33. The highest BCUT2D eigenvalue weighted by molar-refractivity contribution is 6.01. The van der Waals surface area contributed by atoms with Gasteiger partial charge in [0.15, 0.2) is 6.54 Å². The van der Waals surface area contributed by atoms with Gasteiger partial charge in [-0.2, -0.15) is 0 Å². The first-order valence-corrected chi connectivity index (χ1v) is 4.66. The van der Waals surface area contributed by atoms with Crippen LogP contribution in [-0.4, -0.2) is 55.0 Å². The van der Waals surface area contributed by atoms with Gasteiger partial charge in [0.05, 0.1) is 21.1 Å². The maximum absolute atomic E-state index is 11.3. The fraction of sp³-hybridized carbons (Fsp3) is 0.667. The minimum absolute atomic E-state index is 0. The van der Waals surface area contributed by atoms with E-state index in [1.807, 2.05) is 21.1 Å². The van der Waals surface area contributed by atoms with Crippen molar-refractivity contribution in [3.8, 4) is 0 Å². The summed E-state index contributed by atoms with van der Waals surface area (Å²) < 4.78 is 0.384. The van der Waals surface area contributed by atoms with E-state index in [9.17, 15) is 14.4 Å². The van der Waals surface area contributed by atoms with E-state index in [-0.39, 0.29) is 31.8 Å². The molecule has 0 aromatic carbocycles. The third kappa shape index (κ3) is 4.16. The van der Waals surface area contributed by atoms with Crippen LogP contribution in [0.2, 0.25) is 0 Å². The van der Waals surface area contributed by atoms with Crippen molar-refractivity contribution in [1.29, 1.82) is 0 Å². The highest BCUT2D eigenvalue weighted by Crippen LogP contribution is 2.12. The second-order valence-electron chi connectivity index (χ2n) is 4.49. The van der Waals surface area contributed by atoms with E-state index in [2.05, 4.69) is 0 Å². The lowest BCUT2D eigenvalue weighted by molar-refractivity contribution is -0.863. The summed E-state index contributed by atoms with van der Waals surface area (Å²) in [6.07, 6.45) is 0.243. The molecule has 0 spiro atoms. The van der Waals surface area contributed by atoms with Gasteiger partial charge in [-0.05, 0) is 0 Å². The van der Waals surface area contributed by atoms with Gasteiger partial charge in [-0.15, -0.1) is 5.06 Å². The van der Waals surface area contributed by atoms with Crippen LogP contribution in [-0.2, 0) is 19.2 Å². The Kier molecular flexibility index (Phi) is 4.89. The second kappa shape index (κ2) is 5.27. The van der Waals surface area contributed by atoms with Gasteiger partial charge >= 0.3 is 5.97 Å². The number of imide groups is 1. The summed E-state index contributed by atoms with van der Waals surface area (Å²) in [7, 11) is 5.44. The van der Waals surface area contributed by atoms with Gasteiger partial charge in [0, 0.05) is 12.8 Å². The lowest BCUT2D eigenvalue weighted by Crippen LogP contribution is -3.00. The van der Waals surface area contributed by atoms with Crippen LogP contribution in [0.25, 0.3) is 0 Å². The molecule has 0 atom stereocenters. The first-order valence-electron chi connectivity index (χ1n) is 4.66. The molecule has 6 nitrogen and oxygen atoms in total. The molecule has 0 N–H and O–H groups in total. The number of amides is 2. The van der Waals surface area contributed by atoms with Gasteiger partial charge < -0.3 is 21.7 Å². The summed E-state index contributed by atoms with van der Waals surface area (Å²) in [5.74, 6) is -1.48. The molecule has 92 valence electrons. The number of halogens is 1. The van der Waals surface area contributed by atoms with E-state index < -0.39 is 17.8 Å². The number of hydroxylamine groups is 2. The fourth-order valence-electron chi connectivity index (χ4n) is 1.18. The van der Waals surface area contributed by atoms with Crippen LogP contribution in [0.5, 0.6) is 0 Å². The molecule has 2 amide bonds. The predicted molar refractivity (Wildman–Crippen MR) is 50.1 cm³/mol. The van der Waals surface area contributed by atoms with Crippen molar-refractivity contribution in [1.82, 2.24) is 5.06 Å². The molecule has 7 heteroatoms. The Bertz CT molecular complexity index is 295. The van der Waals surface area contributed by atoms with Gasteiger partial charge in [0.2, 0.25) is 0 Å². The molecule has 1 aliphatic rings. The predicted octanol–water partition coefficient (Wildman–Crippen LogP) is -3.70. The van der Waals surface area contributed by atoms with Crippen LogP contribution in [0.3, 0.4) is 0 Å². The number of nitrogens with zero attached hydrogens (tertiary/aromatic N) is 2. The molecule has 0 aromatic heterocycles. The second-order valence-corrected chi connectivity index (χ2v) is 4.49. The molecule has 0 bridgehead atoms. The minimum atomic E-state index is -0.578. The third-order valence-corrected chi connectivity index (χ3v) is 1.80. The normalized spacial score (nSPS) is 16.1. The summed E-state index contributed by atoms with van der Waals surface area (Å²) in [4.78, 5) is 38.2. The zero-order chi connectivity index (χ0) is 11.6. The van der Waals surface area contributed by atoms with E-state index in [4.69, 9.17) is 4.84 Å². The van der Waals surface area contributed by atoms with Crippen LogP contribution < -0.4 is 12.4 Å². The fourth-order valence-corrected chi connectivity index (χ4v) is 1.18. The van der Waals surface area contributed by atoms with Crippen LogP contribution in [0.4, 0.5) is 0 Å². The van der Waals surface area contributed by atoms with Crippen molar-refractivity contribution in [3.05, 3.63) is 0 Å². The molecule has 1 saturated heterocycles. The Morgan fingerprint density at radius 2 is 1.69 bits per heavy atom. The van der Waals surface area contributed by atoms with Crippen molar-refractivity contribution in [2.24, 2.45) is 0 Å². The van der Waals surface area contributed by atoms with Gasteiger partial charge in [-0.3, -0.25) is 9.59 Å². The molecule has 1 rings (SSSR count). The van der Waals surface area contributed by atoms with E-state index >= 15 is 0 Å². The standard InChI is InChI=1S/C9H15N2O4.ClH/c1-11(2,3)6-9(14)15-10-7(12)4-5-8(10)13;/h4-6H2,1-3H3;1H/q+1;/p-1. The van der Waals surface area contributed by atoms with Crippen molar-refractivity contribution in [2.45, 2.75) is 12.8 Å². The molecule has 0 saturated carbocycles. The van der Waals surface area contributed by atoms with Crippen molar-refractivity contribution in [2.75, 3.05) is 27.7 Å². The monoisotopic (exact) mass is 250 g/mol. The molecule has 0 aromatic rings. The van der Waals surface area contributed by atoms with E-state index in [0.29, 0.717) is 9.55 Å². The quantitative estimate of drug-likeness (QED) is 0.382. The Hall–Kier alpha value is -1.14. The minimum Gasteiger partial charge on any atom is -1.00 e. The van der Waals surface area contributed by atoms with Gasteiger partial charge in [0.1, 0.15) is 0 Å². The Morgan fingerprint density at radius 1 is 1.25 bits per heavy atom. The molecule has 0 unspecified atom stereocenters. The molecular weight excluding hydrogens is 236 g/mol. The Labute approximate surface area is 100 Å². The molecule has 1 aliphatic heterocycles. The lowest BCUT2D eigenvalue weighted by Gasteiger charge is -2.23. The smallest absolute Gasteiger partial charge is 0.387 e. The van der Waals surface area contributed by atoms with Crippen LogP contribution in [0, 0.1) is 0 Å². The SMILES string of the molecule is C[N+](C)(C)CC(=O)ON1C(=O)CCC1=O.[Cl-]. The topological polar surface area (TPSA) is 63.7 Å². The third-order valence-electron chi connectivity index (χ3n) is 1.80. The molecule has 0 radical (unpaired) electrons.